The van der Waals surface area contributed by atoms with Crippen LogP contribution in [0.25, 0.3) is 0 Å². The van der Waals surface area contributed by atoms with Gasteiger partial charge < -0.3 is 30.2 Å². The van der Waals surface area contributed by atoms with Crippen molar-refractivity contribution in [2.24, 2.45) is 0 Å². The van der Waals surface area contributed by atoms with E-state index < -0.39 is 18.1 Å². The summed E-state index contributed by atoms with van der Waals surface area (Å²) in [6, 6.07) is 12.0. The van der Waals surface area contributed by atoms with Crippen molar-refractivity contribution in [1.82, 2.24) is 10.2 Å². The van der Waals surface area contributed by atoms with E-state index in [0.29, 0.717) is 48.9 Å². The topological polar surface area (TPSA) is 103 Å². The van der Waals surface area contributed by atoms with Crippen LogP contribution in [-0.2, 0) is 9.53 Å². The number of fused-ring (bicyclic) bond motifs is 1. The summed E-state index contributed by atoms with van der Waals surface area (Å²) in [5.41, 5.74) is 7.49. The number of rotatable bonds is 13. The number of nitrogens with one attached hydrogen (secondary N) is 1. The summed E-state index contributed by atoms with van der Waals surface area (Å²) in [6.07, 6.45) is 7.32. The maximum atomic E-state index is 13.4. The molecule has 3 N–H and O–H groups in total. The molecule has 0 radical (unpaired) electrons. The fourth-order valence-corrected chi connectivity index (χ4v) is 5.11. The Kier molecular flexibility index (Phi) is 10.3. The van der Waals surface area contributed by atoms with Crippen LogP contribution in [0.4, 0.5) is 5.69 Å². The van der Waals surface area contributed by atoms with Crippen LogP contribution in [-0.4, -0.2) is 55.7 Å². The van der Waals surface area contributed by atoms with Crippen LogP contribution in [0.1, 0.15) is 80.3 Å². The molecule has 2 aromatic carbocycles. The number of ether oxygens (including phenoxy) is 3. The molecule has 1 fully saturated rings. The predicted molar refractivity (Wildman–Crippen MR) is 147 cm³/mol. The van der Waals surface area contributed by atoms with Gasteiger partial charge in [-0.1, -0.05) is 50.8 Å². The van der Waals surface area contributed by atoms with Crippen molar-refractivity contribution in [1.29, 1.82) is 0 Å². The van der Waals surface area contributed by atoms with Crippen molar-refractivity contribution >= 4 is 17.6 Å². The van der Waals surface area contributed by atoms with Gasteiger partial charge in [0, 0.05) is 18.7 Å². The Hall–Kier alpha value is -3.26. The Bertz CT molecular complexity index is 1070. The number of likely N-dealkylation sites (tertiary alicyclic amines) is 1. The summed E-state index contributed by atoms with van der Waals surface area (Å²) < 4.78 is 17.7. The van der Waals surface area contributed by atoms with Crippen molar-refractivity contribution < 1.29 is 23.8 Å². The number of amides is 1. The first-order valence-electron chi connectivity index (χ1n) is 14.0. The molecule has 0 aromatic heterocycles. The second-order valence-electron chi connectivity index (χ2n) is 10.2. The average molecular weight is 524 g/mol. The molecule has 2 atom stereocenters. The predicted octanol–water partition coefficient (Wildman–Crippen LogP) is 4.88. The van der Waals surface area contributed by atoms with E-state index >= 15 is 0 Å². The number of carbonyl (C=O) groups is 2. The molecule has 8 heteroatoms. The van der Waals surface area contributed by atoms with Gasteiger partial charge in [0.1, 0.15) is 19.3 Å². The van der Waals surface area contributed by atoms with Crippen LogP contribution in [0.15, 0.2) is 42.5 Å². The highest BCUT2D eigenvalue weighted by Crippen LogP contribution is 2.35. The lowest BCUT2D eigenvalue weighted by molar-refractivity contribution is -0.123. The minimum atomic E-state index is -0.734. The summed E-state index contributed by atoms with van der Waals surface area (Å²) in [4.78, 5) is 28.8. The van der Waals surface area contributed by atoms with Crippen LogP contribution < -0.4 is 20.5 Å². The van der Waals surface area contributed by atoms with Crippen molar-refractivity contribution in [2.45, 2.75) is 70.4 Å². The Morgan fingerprint density at radius 2 is 1.74 bits per heavy atom. The van der Waals surface area contributed by atoms with Gasteiger partial charge in [-0.3, -0.25) is 4.79 Å². The molecule has 2 aromatic rings. The quantitative estimate of drug-likeness (QED) is 0.219. The van der Waals surface area contributed by atoms with Gasteiger partial charge in [-0.25, -0.2) is 4.79 Å². The number of nitrogens with zero attached hydrogens (tertiary/aromatic N) is 1. The lowest BCUT2D eigenvalue weighted by Gasteiger charge is -2.32. The van der Waals surface area contributed by atoms with Crippen LogP contribution in [0.3, 0.4) is 0 Å². The molecule has 8 nitrogen and oxygen atoms in total. The molecule has 0 spiro atoms. The highest BCUT2D eigenvalue weighted by Gasteiger charge is 2.32. The highest BCUT2D eigenvalue weighted by molar-refractivity contribution is 5.95. The molecule has 0 aliphatic carbocycles. The van der Waals surface area contributed by atoms with Gasteiger partial charge in [-0.05, 0) is 62.2 Å². The van der Waals surface area contributed by atoms with Crippen molar-refractivity contribution in [3.8, 4) is 11.5 Å². The standard InChI is InChI=1S/C30H41N3O5/c1-2-3-4-5-6-13-28(34)32-25(21-33-16-9-10-17-33)29(38-30(35)23-11-7-8-12-24(23)31)22-14-15-26-27(20-22)37-19-18-36-26/h7-8,11-12,14-15,20,25,29H,2-6,9-10,13,16-19,21,31H2,1H3,(H,32,34)/t25-,29-/m1/s1. The average Bonchev–Trinajstić information content (AvgIpc) is 3.44. The first kappa shape index (κ1) is 27.8. The molecule has 2 heterocycles. The zero-order valence-electron chi connectivity index (χ0n) is 22.5. The summed E-state index contributed by atoms with van der Waals surface area (Å²) in [6.45, 7) is 5.61. The lowest BCUT2D eigenvalue weighted by Crippen LogP contribution is -2.47. The van der Waals surface area contributed by atoms with Gasteiger partial charge in [0.25, 0.3) is 0 Å². The van der Waals surface area contributed by atoms with Crippen LogP contribution in [0.2, 0.25) is 0 Å². The molecule has 0 unspecified atom stereocenters. The summed E-state index contributed by atoms with van der Waals surface area (Å²) in [7, 11) is 0. The van der Waals surface area contributed by atoms with Gasteiger partial charge >= 0.3 is 5.97 Å². The second kappa shape index (κ2) is 14.0. The van der Waals surface area contributed by atoms with Gasteiger partial charge in [0.2, 0.25) is 5.91 Å². The Morgan fingerprint density at radius 1 is 1.00 bits per heavy atom. The molecule has 1 amide bonds. The largest absolute Gasteiger partial charge is 0.486 e. The van der Waals surface area contributed by atoms with E-state index in [1.807, 2.05) is 18.2 Å². The minimum Gasteiger partial charge on any atom is -0.486 e. The number of nitrogens with two attached hydrogens (primary N) is 1. The SMILES string of the molecule is CCCCCCCC(=O)N[C@H](CN1CCCC1)[C@H](OC(=O)c1ccccc1N)c1ccc2c(c1)OCCO2. The van der Waals surface area contributed by atoms with Crippen molar-refractivity contribution in [3.63, 3.8) is 0 Å². The fraction of sp³-hybridized carbons (Fsp3) is 0.533. The number of anilines is 1. The molecule has 0 saturated carbocycles. The van der Waals surface area contributed by atoms with E-state index in [2.05, 4.69) is 17.1 Å². The first-order chi connectivity index (χ1) is 18.5. The third kappa shape index (κ3) is 7.63. The highest BCUT2D eigenvalue weighted by atomic mass is 16.6. The molecule has 1 saturated heterocycles. The number of hydrogen-bond acceptors (Lipinski definition) is 7. The molecule has 2 aliphatic rings. The number of hydrogen-bond donors (Lipinski definition) is 2. The summed E-state index contributed by atoms with van der Waals surface area (Å²) >= 11 is 0. The Morgan fingerprint density at radius 3 is 2.50 bits per heavy atom. The number of nitrogen functional groups attached to an aromatic ring is 1. The van der Waals surface area contributed by atoms with E-state index in [1.165, 1.54) is 12.8 Å². The Balaban J connectivity index is 1.59. The van der Waals surface area contributed by atoms with E-state index in [9.17, 15) is 9.59 Å². The molecule has 206 valence electrons. The van der Waals surface area contributed by atoms with E-state index in [-0.39, 0.29) is 5.91 Å². The number of carbonyl (C=O) groups excluding carboxylic acids is 2. The minimum absolute atomic E-state index is 0.0245. The molecule has 0 bridgehead atoms. The third-order valence-electron chi connectivity index (χ3n) is 7.18. The monoisotopic (exact) mass is 523 g/mol. The fourth-order valence-electron chi connectivity index (χ4n) is 5.11. The van der Waals surface area contributed by atoms with Gasteiger partial charge in [0.05, 0.1) is 11.6 Å². The normalized spacial score (nSPS) is 16.6. The van der Waals surface area contributed by atoms with E-state index in [1.54, 1.807) is 24.3 Å². The maximum absolute atomic E-state index is 13.4. The number of unbranched alkanes of at least 4 members (excludes halogenated alkanes) is 4. The molecule has 4 rings (SSSR count). The second-order valence-corrected chi connectivity index (χ2v) is 10.2. The van der Waals surface area contributed by atoms with E-state index in [4.69, 9.17) is 19.9 Å². The molecule has 2 aliphatic heterocycles. The zero-order chi connectivity index (χ0) is 26.7. The van der Waals surface area contributed by atoms with Crippen LogP contribution >= 0.6 is 0 Å². The molecular weight excluding hydrogens is 482 g/mol. The zero-order valence-corrected chi connectivity index (χ0v) is 22.5. The smallest absolute Gasteiger partial charge is 0.340 e. The molecular formula is C30H41N3O5. The summed E-state index contributed by atoms with van der Waals surface area (Å²) in [5.74, 6) is 0.715. The number of benzene rings is 2. The van der Waals surface area contributed by atoms with Crippen LogP contribution in [0.5, 0.6) is 11.5 Å². The van der Waals surface area contributed by atoms with Gasteiger partial charge in [0.15, 0.2) is 11.5 Å². The maximum Gasteiger partial charge on any atom is 0.340 e. The first-order valence-corrected chi connectivity index (χ1v) is 14.0. The number of para-hydroxylation sites is 1. The lowest BCUT2D eigenvalue weighted by atomic mass is 9.99. The van der Waals surface area contributed by atoms with Gasteiger partial charge in [-0.2, -0.15) is 0 Å². The van der Waals surface area contributed by atoms with Crippen molar-refractivity contribution in [2.75, 3.05) is 38.6 Å². The van der Waals surface area contributed by atoms with Crippen molar-refractivity contribution in [3.05, 3.63) is 53.6 Å². The Labute approximate surface area is 225 Å². The summed E-state index contributed by atoms with van der Waals surface area (Å²) in [5, 5.41) is 3.22. The third-order valence-corrected chi connectivity index (χ3v) is 7.18. The molecule has 38 heavy (non-hydrogen) atoms. The number of esters is 1. The van der Waals surface area contributed by atoms with Crippen LogP contribution in [0, 0.1) is 0 Å². The van der Waals surface area contributed by atoms with Gasteiger partial charge in [-0.15, -0.1) is 0 Å². The van der Waals surface area contributed by atoms with E-state index in [0.717, 1.165) is 50.8 Å².